The Hall–Kier alpha value is -1.83. The summed E-state index contributed by atoms with van der Waals surface area (Å²) < 4.78 is 15.8. The van der Waals surface area contributed by atoms with Crippen molar-refractivity contribution in [2.24, 2.45) is 0 Å². The lowest BCUT2D eigenvalue weighted by Crippen LogP contribution is -2.16. The van der Waals surface area contributed by atoms with Crippen LogP contribution in [0.15, 0.2) is 22.7 Å². The van der Waals surface area contributed by atoms with Crippen LogP contribution in [-0.2, 0) is 4.79 Å². The van der Waals surface area contributed by atoms with Crippen LogP contribution in [0.2, 0.25) is 0 Å². The fourth-order valence-corrected chi connectivity index (χ4v) is 2.44. The minimum Gasteiger partial charge on any atom is -0.481 e. The molecule has 0 saturated heterocycles. The van der Waals surface area contributed by atoms with Crippen LogP contribution in [0.1, 0.15) is 25.8 Å². The average molecular weight is 343 g/mol. The Balaban J connectivity index is 2.50. The largest absolute Gasteiger partial charge is 0.481 e. The molecule has 0 aliphatic rings. The first-order valence-electron chi connectivity index (χ1n) is 5.98. The molecular weight excluding hydrogens is 331 g/mol. The van der Waals surface area contributed by atoms with Crippen LogP contribution in [0.4, 0.5) is 4.39 Å². The lowest BCUT2D eigenvalue weighted by atomic mass is 10.1. The number of hydrogen-bond donors (Lipinski definition) is 1. The number of nitrogens with zero attached hydrogens (tertiary/aromatic N) is 4. The number of carboxylic acid groups (broad SMARTS) is 1. The molecule has 6 nitrogen and oxygen atoms in total. The van der Waals surface area contributed by atoms with E-state index in [0.29, 0.717) is 10.9 Å². The van der Waals surface area contributed by atoms with Crippen molar-refractivity contribution in [3.8, 4) is 11.4 Å². The van der Waals surface area contributed by atoms with Gasteiger partial charge in [0.05, 0.1) is 18.0 Å². The van der Waals surface area contributed by atoms with Crippen molar-refractivity contribution in [2.75, 3.05) is 0 Å². The Morgan fingerprint density at radius 2 is 2.30 bits per heavy atom. The van der Waals surface area contributed by atoms with Crippen LogP contribution in [0.25, 0.3) is 11.4 Å². The van der Waals surface area contributed by atoms with E-state index >= 15 is 0 Å². The summed E-state index contributed by atoms with van der Waals surface area (Å²) in [6.45, 7) is 1.83. The lowest BCUT2D eigenvalue weighted by Gasteiger charge is -2.15. The molecule has 0 amide bonds. The second-order valence-corrected chi connectivity index (χ2v) is 5.06. The Morgan fingerprint density at radius 1 is 1.55 bits per heavy atom. The predicted octanol–water partition coefficient (Wildman–Crippen LogP) is 2.67. The van der Waals surface area contributed by atoms with Gasteiger partial charge in [0.1, 0.15) is 5.82 Å². The summed E-state index contributed by atoms with van der Waals surface area (Å²) in [5.74, 6) is -1.21. The van der Waals surface area contributed by atoms with Crippen LogP contribution in [0, 0.1) is 5.82 Å². The summed E-state index contributed by atoms with van der Waals surface area (Å²) in [7, 11) is 0. The van der Waals surface area contributed by atoms with Crippen molar-refractivity contribution in [1.82, 2.24) is 20.2 Å². The standard InChI is InChI=1S/C12H12BrFN4O2/c1-2-7(6-10(19)20)18-12(15-16-17-18)11-8(13)4-3-5-9(11)14/h3-5,7H,2,6H2,1H3,(H,19,20). The summed E-state index contributed by atoms with van der Waals surface area (Å²) in [5.41, 5.74) is 0.223. The summed E-state index contributed by atoms with van der Waals surface area (Å²) in [6, 6.07) is 4.11. The number of tetrazole rings is 1. The monoisotopic (exact) mass is 342 g/mol. The van der Waals surface area contributed by atoms with E-state index in [9.17, 15) is 9.18 Å². The van der Waals surface area contributed by atoms with Gasteiger partial charge in [-0.2, -0.15) is 0 Å². The van der Waals surface area contributed by atoms with Gasteiger partial charge in [0.25, 0.3) is 0 Å². The molecule has 106 valence electrons. The zero-order valence-electron chi connectivity index (χ0n) is 10.6. The molecule has 1 N–H and O–H groups in total. The first-order valence-corrected chi connectivity index (χ1v) is 6.78. The van der Waals surface area contributed by atoms with Crippen molar-refractivity contribution in [1.29, 1.82) is 0 Å². The number of hydrogen-bond acceptors (Lipinski definition) is 4. The Kier molecular flexibility index (Phi) is 4.43. The Labute approximate surface area is 122 Å². The fraction of sp³-hybridized carbons (Fsp3) is 0.333. The molecule has 1 aromatic carbocycles. The first-order chi connectivity index (χ1) is 9.54. The average Bonchev–Trinajstić information content (AvgIpc) is 2.84. The molecule has 20 heavy (non-hydrogen) atoms. The third kappa shape index (κ3) is 2.84. The van der Waals surface area contributed by atoms with Crippen LogP contribution in [0.5, 0.6) is 0 Å². The molecule has 0 aliphatic heterocycles. The van der Waals surface area contributed by atoms with Crippen molar-refractivity contribution in [3.63, 3.8) is 0 Å². The normalized spacial score (nSPS) is 12.3. The molecule has 0 saturated carbocycles. The summed E-state index contributed by atoms with van der Waals surface area (Å²) >= 11 is 3.26. The molecule has 2 aromatic rings. The van der Waals surface area contributed by atoms with Gasteiger partial charge in [-0.25, -0.2) is 9.07 Å². The molecule has 0 spiro atoms. The van der Waals surface area contributed by atoms with Crippen molar-refractivity contribution in [3.05, 3.63) is 28.5 Å². The Bertz CT molecular complexity index is 611. The molecule has 1 heterocycles. The van der Waals surface area contributed by atoms with E-state index < -0.39 is 17.8 Å². The third-order valence-electron chi connectivity index (χ3n) is 2.91. The molecule has 0 aliphatic carbocycles. The highest BCUT2D eigenvalue weighted by atomic mass is 79.9. The molecular formula is C12H12BrFN4O2. The van der Waals surface area contributed by atoms with Gasteiger partial charge < -0.3 is 5.11 Å². The quantitative estimate of drug-likeness (QED) is 0.903. The zero-order chi connectivity index (χ0) is 14.7. The van der Waals surface area contributed by atoms with Crippen molar-refractivity contribution in [2.45, 2.75) is 25.8 Å². The van der Waals surface area contributed by atoms with E-state index in [0.717, 1.165) is 0 Å². The minimum absolute atomic E-state index is 0.124. The van der Waals surface area contributed by atoms with Crippen LogP contribution >= 0.6 is 15.9 Å². The number of aromatic nitrogens is 4. The van der Waals surface area contributed by atoms with Crippen LogP contribution in [-0.4, -0.2) is 31.3 Å². The van der Waals surface area contributed by atoms with Gasteiger partial charge in [0.2, 0.25) is 0 Å². The lowest BCUT2D eigenvalue weighted by molar-refractivity contribution is -0.138. The number of rotatable bonds is 5. The minimum atomic E-state index is -0.953. The van der Waals surface area contributed by atoms with Gasteiger partial charge >= 0.3 is 5.97 Å². The van der Waals surface area contributed by atoms with E-state index in [4.69, 9.17) is 5.11 Å². The van der Waals surface area contributed by atoms with Crippen molar-refractivity contribution < 1.29 is 14.3 Å². The summed E-state index contributed by atoms with van der Waals surface area (Å²) in [4.78, 5) is 10.9. The highest BCUT2D eigenvalue weighted by molar-refractivity contribution is 9.10. The molecule has 0 bridgehead atoms. The number of aliphatic carboxylic acids is 1. The number of carbonyl (C=O) groups is 1. The molecule has 0 radical (unpaired) electrons. The molecule has 0 fully saturated rings. The van der Waals surface area contributed by atoms with E-state index in [1.807, 2.05) is 6.92 Å². The Morgan fingerprint density at radius 3 is 2.90 bits per heavy atom. The second-order valence-electron chi connectivity index (χ2n) is 4.20. The maximum Gasteiger partial charge on any atom is 0.305 e. The molecule has 1 aromatic heterocycles. The number of halogens is 2. The topological polar surface area (TPSA) is 80.9 Å². The van der Waals surface area contributed by atoms with Gasteiger partial charge in [-0.1, -0.05) is 13.0 Å². The zero-order valence-corrected chi connectivity index (χ0v) is 12.2. The first kappa shape index (κ1) is 14.6. The number of carboxylic acids is 1. The van der Waals surface area contributed by atoms with Crippen LogP contribution in [0.3, 0.4) is 0 Å². The summed E-state index contributed by atoms with van der Waals surface area (Å²) in [5, 5.41) is 20.1. The van der Waals surface area contributed by atoms with Gasteiger partial charge in [-0.15, -0.1) is 5.10 Å². The molecule has 8 heteroatoms. The maximum atomic E-state index is 14.0. The van der Waals surface area contributed by atoms with E-state index in [1.54, 1.807) is 12.1 Å². The molecule has 2 rings (SSSR count). The van der Waals surface area contributed by atoms with E-state index in [1.165, 1.54) is 10.7 Å². The highest BCUT2D eigenvalue weighted by Crippen LogP contribution is 2.31. The van der Waals surface area contributed by atoms with Gasteiger partial charge in [0, 0.05) is 4.47 Å². The van der Waals surface area contributed by atoms with E-state index in [2.05, 4.69) is 31.5 Å². The highest BCUT2D eigenvalue weighted by Gasteiger charge is 2.23. The van der Waals surface area contributed by atoms with Crippen molar-refractivity contribution >= 4 is 21.9 Å². The summed E-state index contributed by atoms with van der Waals surface area (Å²) in [6.07, 6.45) is 0.400. The number of benzene rings is 1. The van der Waals surface area contributed by atoms with Gasteiger partial charge in [-0.05, 0) is 44.9 Å². The third-order valence-corrected chi connectivity index (χ3v) is 3.57. The molecule has 1 atom stereocenters. The fourth-order valence-electron chi connectivity index (χ4n) is 1.92. The second kappa shape index (κ2) is 6.08. The maximum absolute atomic E-state index is 14.0. The smallest absolute Gasteiger partial charge is 0.305 e. The molecule has 1 unspecified atom stereocenters. The van der Waals surface area contributed by atoms with E-state index in [-0.39, 0.29) is 17.8 Å². The van der Waals surface area contributed by atoms with Crippen LogP contribution < -0.4 is 0 Å². The predicted molar refractivity (Wildman–Crippen MR) is 72.5 cm³/mol. The SMILES string of the molecule is CCC(CC(=O)O)n1nnnc1-c1c(F)cccc1Br. The van der Waals surface area contributed by atoms with Gasteiger partial charge in [-0.3, -0.25) is 4.79 Å². The van der Waals surface area contributed by atoms with Gasteiger partial charge in [0.15, 0.2) is 5.82 Å².